The molecule has 26 heavy (non-hydrogen) atoms. The molecule has 3 rings (SSSR count). The Balaban J connectivity index is 1.58. The van der Waals surface area contributed by atoms with Crippen LogP contribution in [0.4, 0.5) is 0 Å². The number of hydrogen-bond acceptors (Lipinski definition) is 2. The van der Waals surface area contributed by atoms with Gasteiger partial charge in [-0.2, -0.15) is 0 Å². The van der Waals surface area contributed by atoms with Crippen LogP contribution >= 0.6 is 0 Å². The second kappa shape index (κ2) is 7.94. The number of aromatic amines is 1. The molecule has 1 heterocycles. The van der Waals surface area contributed by atoms with Crippen molar-refractivity contribution in [2.75, 3.05) is 19.6 Å². The van der Waals surface area contributed by atoms with Crippen LogP contribution in [0.5, 0.6) is 0 Å². The van der Waals surface area contributed by atoms with Gasteiger partial charge in [-0.05, 0) is 43.7 Å². The predicted molar refractivity (Wildman–Crippen MR) is 104 cm³/mol. The van der Waals surface area contributed by atoms with Gasteiger partial charge in [0.2, 0.25) is 11.8 Å². The van der Waals surface area contributed by atoms with E-state index in [1.54, 1.807) is 0 Å². The second-order valence-electron chi connectivity index (χ2n) is 7.24. The van der Waals surface area contributed by atoms with Gasteiger partial charge in [0.05, 0.1) is 0 Å². The van der Waals surface area contributed by atoms with Crippen molar-refractivity contribution < 1.29 is 9.59 Å². The fourth-order valence-corrected chi connectivity index (χ4v) is 3.64. The Bertz CT molecular complexity index is 770. The number of rotatable bonds is 9. The zero-order chi connectivity index (χ0) is 18.6. The molecule has 1 aliphatic rings. The normalized spacial score (nSPS) is 15.0. The minimum Gasteiger partial charge on any atom is -0.361 e. The monoisotopic (exact) mass is 355 g/mol. The van der Waals surface area contributed by atoms with Crippen molar-refractivity contribution in [2.45, 2.75) is 46.0 Å². The van der Waals surface area contributed by atoms with E-state index in [0.29, 0.717) is 19.4 Å². The first-order chi connectivity index (χ1) is 12.6. The largest absolute Gasteiger partial charge is 0.361 e. The molecule has 140 valence electrons. The van der Waals surface area contributed by atoms with Crippen LogP contribution in [0.25, 0.3) is 10.9 Å². The lowest BCUT2D eigenvalue weighted by Crippen LogP contribution is -2.46. The SMILES string of the molecule is CCCN(CCC)C(=O)C1(C(=O)NCCc2c[nH]c3ccccc23)CC1. The number of nitrogens with one attached hydrogen (secondary N) is 2. The third-order valence-electron chi connectivity index (χ3n) is 5.22. The molecule has 5 nitrogen and oxygen atoms in total. The quantitative estimate of drug-likeness (QED) is 0.678. The average Bonchev–Trinajstić information content (AvgIpc) is 3.37. The standard InChI is InChI=1S/C21H29N3O2/c1-3-13-24(14-4-2)20(26)21(10-11-21)19(25)22-12-9-16-15-23-18-8-6-5-7-17(16)18/h5-8,15,23H,3-4,9-14H2,1-2H3,(H,22,25). The maximum absolute atomic E-state index is 12.9. The molecule has 1 saturated carbocycles. The van der Waals surface area contributed by atoms with Crippen molar-refractivity contribution in [3.63, 3.8) is 0 Å². The van der Waals surface area contributed by atoms with Crippen LogP contribution in [0.15, 0.2) is 30.5 Å². The van der Waals surface area contributed by atoms with E-state index < -0.39 is 5.41 Å². The summed E-state index contributed by atoms with van der Waals surface area (Å²) in [6.07, 6.45) is 5.95. The maximum atomic E-state index is 12.9. The summed E-state index contributed by atoms with van der Waals surface area (Å²) in [6, 6.07) is 8.16. The van der Waals surface area contributed by atoms with E-state index in [0.717, 1.165) is 37.9 Å². The maximum Gasteiger partial charge on any atom is 0.238 e. The fraction of sp³-hybridized carbons (Fsp3) is 0.524. The van der Waals surface area contributed by atoms with Crippen molar-refractivity contribution in [1.82, 2.24) is 15.2 Å². The lowest BCUT2D eigenvalue weighted by Gasteiger charge is -2.26. The molecule has 1 aromatic carbocycles. The topological polar surface area (TPSA) is 65.2 Å². The molecule has 0 saturated heterocycles. The molecule has 1 aromatic heterocycles. The number of carbonyl (C=O) groups is 2. The summed E-state index contributed by atoms with van der Waals surface area (Å²) in [5.41, 5.74) is 1.50. The zero-order valence-corrected chi connectivity index (χ0v) is 15.8. The van der Waals surface area contributed by atoms with Crippen molar-refractivity contribution in [3.05, 3.63) is 36.0 Å². The molecule has 0 atom stereocenters. The molecule has 2 aromatic rings. The van der Waals surface area contributed by atoms with E-state index in [9.17, 15) is 9.59 Å². The molecule has 0 spiro atoms. The average molecular weight is 355 g/mol. The fourth-order valence-electron chi connectivity index (χ4n) is 3.64. The van der Waals surface area contributed by atoms with Crippen molar-refractivity contribution in [2.24, 2.45) is 5.41 Å². The van der Waals surface area contributed by atoms with Gasteiger partial charge in [0.15, 0.2) is 0 Å². The van der Waals surface area contributed by atoms with Crippen molar-refractivity contribution in [1.29, 1.82) is 0 Å². The number of para-hydroxylation sites is 1. The molecular weight excluding hydrogens is 326 g/mol. The first kappa shape index (κ1) is 18.5. The van der Waals surface area contributed by atoms with E-state index in [-0.39, 0.29) is 11.8 Å². The minimum absolute atomic E-state index is 0.0193. The molecule has 0 radical (unpaired) electrons. The number of carbonyl (C=O) groups excluding carboxylic acids is 2. The number of fused-ring (bicyclic) bond motifs is 1. The van der Waals surface area contributed by atoms with Crippen LogP contribution in [0, 0.1) is 5.41 Å². The Kier molecular flexibility index (Phi) is 5.64. The molecule has 1 aliphatic carbocycles. The van der Waals surface area contributed by atoms with Crippen LogP contribution in [0.1, 0.15) is 45.1 Å². The second-order valence-corrected chi connectivity index (χ2v) is 7.24. The molecule has 2 amide bonds. The van der Waals surface area contributed by atoms with Gasteiger partial charge in [-0.25, -0.2) is 0 Å². The molecule has 0 bridgehead atoms. The summed E-state index contributed by atoms with van der Waals surface area (Å²) in [6.45, 7) is 6.15. The van der Waals surface area contributed by atoms with Crippen LogP contribution < -0.4 is 5.32 Å². The lowest BCUT2D eigenvalue weighted by molar-refractivity contribution is -0.144. The van der Waals surface area contributed by atoms with Gasteiger partial charge < -0.3 is 15.2 Å². The summed E-state index contributed by atoms with van der Waals surface area (Å²) < 4.78 is 0. The number of aromatic nitrogens is 1. The van der Waals surface area contributed by atoms with E-state index in [2.05, 4.69) is 30.2 Å². The summed E-state index contributed by atoms with van der Waals surface area (Å²) in [4.78, 5) is 30.7. The van der Waals surface area contributed by atoms with Crippen LogP contribution in [0.2, 0.25) is 0 Å². The minimum atomic E-state index is -0.801. The number of benzene rings is 1. The first-order valence-corrected chi connectivity index (χ1v) is 9.75. The summed E-state index contributed by atoms with van der Waals surface area (Å²) in [5, 5.41) is 4.20. The molecule has 0 aliphatic heterocycles. The van der Waals surface area contributed by atoms with Crippen LogP contribution in [-0.4, -0.2) is 41.3 Å². The van der Waals surface area contributed by atoms with Gasteiger partial charge in [0, 0.05) is 36.7 Å². The van der Waals surface area contributed by atoms with Crippen molar-refractivity contribution >= 4 is 22.7 Å². The van der Waals surface area contributed by atoms with Gasteiger partial charge in [-0.15, -0.1) is 0 Å². The number of H-pyrrole nitrogens is 1. The Hall–Kier alpha value is -2.30. The Morgan fingerprint density at radius 2 is 1.85 bits per heavy atom. The third kappa shape index (κ3) is 3.62. The van der Waals surface area contributed by atoms with E-state index in [1.807, 2.05) is 29.3 Å². The third-order valence-corrected chi connectivity index (χ3v) is 5.22. The van der Waals surface area contributed by atoms with Gasteiger partial charge >= 0.3 is 0 Å². The highest BCUT2D eigenvalue weighted by molar-refractivity contribution is 6.07. The Morgan fingerprint density at radius 1 is 1.15 bits per heavy atom. The summed E-state index contributed by atoms with van der Waals surface area (Å²) in [5.74, 6) is -0.0784. The van der Waals surface area contributed by atoms with Gasteiger partial charge in [0.25, 0.3) is 0 Å². The molecule has 2 N–H and O–H groups in total. The Morgan fingerprint density at radius 3 is 2.50 bits per heavy atom. The van der Waals surface area contributed by atoms with Gasteiger partial charge in [-0.1, -0.05) is 32.0 Å². The highest BCUT2D eigenvalue weighted by atomic mass is 16.2. The number of hydrogen-bond donors (Lipinski definition) is 2. The zero-order valence-electron chi connectivity index (χ0n) is 15.8. The molecular formula is C21H29N3O2. The summed E-state index contributed by atoms with van der Waals surface area (Å²) >= 11 is 0. The number of nitrogens with zero attached hydrogens (tertiary/aromatic N) is 1. The smallest absolute Gasteiger partial charge is 0.238 e. The first-order valence-electron chi connectivity index (χ1n) is 9.75. The molecule has 1 fully saturated rings. The van der Waals surface area contributed by atoms with Crippen molar-refractivity contribution in [3.8, 4) is 0 Å². The van der Waals surface area contributed by atoms with Gasteiger partial charge in [-0.3, -0.25) is 9.59 Å². The van der Waals surface area contributed by atoms with E-state index >= 15 is 0 Å². The van der Waals surface area contributed by atoms with Gasteiger partial charge in [0.1, 0.15) is 5.41 Å². The number of amides is 2. The van der Waals surface area contributed by atoms with E-state index in [4.69, 9.17) is 0 Å². The molecule has 5 heteroatoms. The highest BCUT2D eigenvalue weighted by Gasteiger charge is 2.57. The predicted octanol–water partition coefficient (Wildman–Crippen LogP) is 3.26. The highest BCUT2D eigenvalue weighted by Crippen LogP contribution is 2.47. The van der Waals surface area contributed by atoms with E-state index in [1.165, 1.54) is 10.9 Å². The Labute approximate surface area is 155 Å². The summed E-state index contributed by atoms with van der Waals surface area (Å²) in [7, 11) is 0. The van der Waals surface area contributed by atoms with Crippen LogP contribution in [-0.2, 0) is 16.0 Å². The molecule has 0 unspecified atom stereocenters. The lowest BCUT2D eigenvalue weighted by atomic mass is 10.0. The van der Waals surface area contributed by atoms with Crippen LogP contribution in [0.3, 0.4) is 0 Å².